The van der Waals surface area contributed by atoms with Gasteiger partial charge in [0.05, 0.1) is 5.92 Å². The third kappa shape index (κ3) is 4.06. The molecular weight excluding hydrogens is 352 g/mol. The maximum atomic E-state index is 13.0. The number of aliphatic carboxylic acids is 1. The van der Waals surface area contributed by atoms with Crippen molar-refractivity contribution in [3.63, 3.8) is 0 Å². The number of nitrogens with zero attached hydrogens (tertiary/aromatic N) is 1. The topological polar surface area (TPSA) is 69.6 Å². The van der Waals surface area contributed by atoms with Crippen molar-refractivity contribution in [1.82, 2.24) is 4.90 Å². The molecule has 1 aliphatic rings. The number of likely N-dealkylation sites (tertiary alicyclic amines) is 1. The number of hydrogen-bond acceptors (Lipinski definition) is 3. The number of benzene rings is 2. The molecule has 1 heterocycles. The summed E-state index contributed by atoms with van der Waals surface area (Å²) in [5.74, 6) is -1.45. The number of rotatable bonds is 5. The molecule has 0 aliphatic carbocycles. The van der Waals surface area contributed by atoms with E-state index in [0.29, 0.717) is 30.2 Å². The molecule has 1 saturated heterocycles. The van der Waals surface area contributed by atoms with Gasteiger partial charge in [-0.2, -0.15) is 0 Å². The normalized spacial score (nSPS) is 18.5. The quantitative estimate of drug-likeness (QED) is 0.838. The predicted molar refractivity (Wildman–Crippen MR) is 101 cm³/mol. The average molecular weight is 373 g/mol. The molecule has 2 N–H and O–H groups in total. The molecule has 0 saturated carbocycles. The molecule has 2 aromatic rings. The number of hydrogen-bond donors (Lipinski definition) is 2. The van der Waals surface area contributed by atoms with Crippen LogP contribution in [0, 0.1) is 12.8 Å². The Bertz CT molecular complexity index is 810. The summed E-state index contributed by atoms with van der Waals surface area (Å²) in [6.07, 6.45) is 0.544. The van der Waals surface area contributed by atoms with E-state index in [2.05, 4.69) is 5.32 Å². The van der Waals surface area contributed by atoms with Crippen molar-refractivity contribution in [3.8, 4) is 0 Å². The van der Waals surface area contributed by atoms with E-state index in [-0.39, 0.29) is 5.91 Å². The Balaban J connectivity index is 1.84. The Morgan fingerprint density at radius 3 is 2.58 bits per heavy atom. The fraction of sp³-hybridized carbons (Fsp3) is 0.300. The highest BCUT2D eigenvalue weighted by atomic mass is 35.5. The fourth-order valence-electron chi connectivity index (χ4n) is 3.27. The lowest BCUT2D eigenvalue weighted by Crippen LogP contribution is -2.36. The summed E-state index contributed by atoms with van der Waals surface area (Å²) >= 11 is 6.15. The number of carbonyl (C=O) groups excluding carboxylic acids is 1. The van der Waals surface area contributed by atoms with Gasteiger partial charge in [0.1, 0.15) is 6.04 Å². The first kappa shape index (κ1) is 18.4. The zero-order valence-electron chi connectivity index (χ0n) is 14.5. The molecule has 1 aliphatic heterocycles. The van der Waals surface area contributed by atoms with Crippen LogP contribution in [0.4, 0.5) is 5.69 Å². The van der Waals surface area contributed by atoms with Crippen molar-refractivity contribution in [3.05, 3.63) is 64.7 Å². The SMILES string of the molecule is Cc1ccc(NC(=O)C(c2ccccc2)N2CCC(C(=O)O)C2)cc1Cl. The minimum absolute atomic E-state index is 0.192. The molecule has 0 spiro atoms. The molecule has 1 fully saturated rings. The van der Waals surface area contributed by atoms with E-state index in [1.807, 2.05) is 54.3 Å². The van der Waals surface area contributed by atoms with Crippen molar-refractivity contribution in [2.45, 2.75) is 19.4 Å². The largest absolute Gasteiger partial charge is 0.481 e. The minimum atomic E-state index is -0.815. The van der Waals surface area contributed by atoms with Crippen molar-refractivity contribution in [1.29, 1.82) is 0 Å². The summed E-state index contributed by atoms with van der Waals surface area (Å²) in [7, 11) is 0. The molecule has 3 rings (SSSR count). The van der Waals surface area contributed by atoms with Crippen LogP contribution in [0.2, 0.25) is 5.02 Å². The van der Waals surface area contributed by atoms with Gasteiger partial charge in [-0.25, -0.2) is 0 Å². The predicted octanol–water partition coefficient (Wildman–Crippen LogP) is 3.73. The summed E-state index contributed by atoms with van der Waals surface area (Å²) in [4.78, 5) is 26.3. The highest BCUT2D eigenvalue weighted by Crippen LogP contribution is 2.30. The molecule has 0 bridgehead atoms. The fourth-order valence-corrected chi connectivity index (χ4v) is 3.45. The molecule has 0 radical (unpaired) electrons. The number of carbonyl (C=O) groups is 2. The molecule has 2 aromatic carbocycles. The van der Waals surface area contributed by atoms with Crippen LogP contribution < -0.4 is 5.32 Å². The number of aryl methyl sites for hydroxylation is 1. The molecule has 2 unspecified atom stereocenters. The summed E-state index contributed by atoms with van der Waals surface area (Å²) in [5, 5.41) is 12.8. The smallest absolute Gasteiger partial charge is 0.307 e. The van der Waals surface area contributed by atoms with E-state index in [1.165, 1.54) is 0 Å². The zero-order valence-corrected chi connectivity index (χ0v) is 15.2. The maximum absolute atomic E-state index is 13.0. The molecule has 2 atom stereocenters. The van der Waals surface area contributed by atoms with Gasteiger partial charge >= 0.3 is 5.97 Å². The molecule has 136 valence electrons. The number of halogens is 1. The Morgan fingerprint density at radius 1 is 1.23 bits per heavy atom. The summed E-state index contributed by atoms with van der Waals surface area (Å²) in [6, 6.07) is 14.3. The van der Waals surface area contributed by atoms with Gasteiger partial charge in [-0.15, -0.1) is 0 Å². The Hall–Kier alpha value is -2.37. The van der Waals surface area contributed by atoms with Crippen LogP contribution in [0.1, 0.15) is 23.6 Å². The lowest BCUT2D eigenvalue weighted by atomic mass is 10.0. The Labute approximate surface area is 157 Å². The molecule has 6 heteroatoms. The Morgan fingerprint density at radius 2 is 1.96 bits per heavy atom. The first-order valence-electron chi connectivity index (χ1n) is 8.54. The number of amides is 1. The van der Waals surface area contributed by atoms with Crippen molar-refractivity contribution in [2.24, 2.45) is 5.92 Å². The van der Waals surface area contributed by atoms with E-state index in [0.717, 1.165) is 11.1 Å². The second-order valence-corrected chi connectivity index (χ2v) is 6.99. The van der Waals surface area contributed by atoms with Gasteiger partial charge in [-0.3, -0.25) is 14.5 Å². The number of carboxylic acids is 1. The van der Waals surface area contributed by atoms with Gasteiger partial charge < -0.3 is 10.4 Å². The molecular formula is C20H21ClN2O3. The van der Waals surface area contributed by atoms with Crippen LogP contribution in [0.3, 0.4) is 0 Å². The van der Waals surface area contributed by atoms with Crippen molar-refractivity contribution < 1.29 is 14.7 Å². The minimum Gasteiger partial charge on any atom is -0.481 e. The van der Waals surface area contributed by atoms with Crippen LogP contribution in [0.25, 0.3) is 0 Å². The van der Waals surface area contributed by atoms with E-state index in [4.69, 9.17) is 11.6 Å². The van der Waals surface area contributed by atoms with E-state index in [9.17, 15) is 14.7 Å². The van der Waals surface area contributed by atoms with Crippen LogP contribution in [0.5, 0.6) is 0 Å². The summed E-state index contributed by atoms with van der Waals surface area (Å²) < 4.78 is 0. The third-order valence-corrected chi connectivity index (χ3v) is 5.14. The standard InChI is InChI=1S/C20H21ClN2O3/c1-13-7-8-16(11-17(13)21)22-19(24)18(14-5-3-2-4-6-14)23-10-9-15(12-23)20(25)26/h2-8,11,15,18H,9-10,12H2,1H3,(H,22,24)(H,25,26). The maximum Gasteiger partial charge on any atom is 0.307 e. The number of carboxylic acid groups (broad SMARTS) is 1. The van der Waals surface area contributed by atoms with Gasteiger partial charge in [-0.1, -0.05) is 48.0 Å². The van der Waals surface area contributed by atoms with Gasteiger partial charge in [-0.05, 0) is 36.6 Å². The van der Waals surface area contributed by atoms with Crippen LogP contribution in [0.15, 0.2) is 48.5 Å². The average Bonchev–Trinajstić information content (AvgIpc) is 3.09. The first-order valence-corrected chi connectivity index (χ1v) is 8.92. The monoisotopic (exact) mass is 372 g/mol. The number of nitrogens with one attached hydrogen (secondary N) is 1. The summed E-state index contributed by atoms with van der Waals surface area (Å²) in [5.41, 5.74) is 2.41. The highest BCUT2D eigenvalue weighted by molar-refractivity contribution is 6.31. The second-order valence-electron chi connectivity index (χ2n) is 6.59. The highest BCUT2D eigenvalue weighted by Gasteiger charge is 2.36. The second kappa shape index (κ2) is 7.89. The van der Waals surface area contributed by atoms with E-state index >= 15 is 0 Å². The number of anilines is 1. The van der Waals surface area contributed by atoms with Crippen molar-refractivity contribution >= 4 is 29.2 Å². The van der Waals surface area contributed by atoms with Gasteiger partial charge in [0.25, 0.3) is 0 Å². The molecule has 1 amide bonds. The molecule has 0 aromatic heterocycles. The van der Waals surface area contributed by atoms with Crippen LogP contribution in [-0.4, -0.2) is 35.0 Å². The van der Waals surface area contributed by atoms with E-state index < -0.39 is 17.9 Å². The zero-order chi connectivity index (χ0) is 18.7. The van der Waals surface area contributed by atoms with E-state index in [1.54, 1.807) is 6.07 Å². The van der Waals surface area contributed by atoms with Gasteiger partial charge in [0, 0.05) is 23.8 Å². The lowest BCUT2D eigenvalue weighted by molar-refractivity contribution is -0.141. The Kier molecular flexibility index (Phi) is 5.59. The first-order chi connectivity index (χ1) is 12.5. The van der Waals surface area contributed by atoms with Gasteiger partial charge in [0.15, 0.2) is 0 Å². The van der Waals surface area contributed by atoms with Gasteiger partial charge in [0.2, 0.25) is 5.91 Å². The third-order valence-electron chi connectivity index (χ3n) is 4.74. The summed E-state index contributed by atoms with van der Waals surface area (Å²) in [6.45, 7) is 2.83. The lowest BCUT2D eigenvalue weighted by Gasteiger charge is -2.27. The molecule has 26 heavy (non-hydrogen) atoms. The van der Waals surface area contributed by atoms with Crippen molar-refractivity contribution in [2.75, 3.05) is 18.4 Å². The van der Waals surface area contributed by atoms with Crippen LogP contribution in [-0.2, 0) is 9.59 Å². The van der Waals surface area contributed by atoms with Crippen LogP contribution >= 0.6 is 11.6 Å². The molecule has 5 nitrogen and oxygen atoms in total.